The molecule has 0 aliphatic heterocycles. The van der Waals surface area contributed by atoms with Gasteiger partial charge < -0.3 is 5.73 Å². The number of nitrogens with zero attached hydrogens (tertiary/aromatic N) is 4. The van der Waals surface area contributed by atoms with Crippen LogP contribution in [0.15, 0.2) is 48.1 Å². The molecule has 0 spiro atoms. The summed E-state index contributed by atoms with van der Waals surface area (Å²) in [5.41, 5.74) is 12.6. The van der Waals surface area contributed by atoms with E-state index in [0.717, 1.165) is 30.6 Å². The quantitative estimate of drug-likeness (QED) is 0.440. The summed E-state index contributed by atoms with van der Waals surface area (Å²) in [7, 11) is 1.99. The van der Waals surface area contributed by atoms with E-state index >= 15 is 0 Å². The van der Waals surface area contributed by atoms with Crippen LogP contribution in [0.25, 0.3) is 11.2 Å². The fourth-order valence-corrected chi connectivity index (χ4v) is 5.02. The lowest BCUT2D eigenvalue weighted by Crippen LogP contribution is -2.29. The van der Waals surface area contributed by atoms with Gasteiger partial charge in [0, 0.05) is 0 Å². The second-order valence-electron chi connectivity index (χ2n) is 10.0. The Morgan fingerprint density at radius 3 is 2.74 bits per heavy atom. The summed E-state index contributed by atoms with van der Waals surface area (Å²) in [6, 6.07) is 0. The van der Waals surface area contributed by atoms with Crippen molar-refractivity contribution in [3.8, 4) is 0 Å². The van der Waals surface area contributed by atoms with Crippen LogP contribution in [0, 0.1) is 11.3 Å². The molecule has 1 atom stereocenters. The minimum absolute atomic E-state index is 0.405. The average Bonchev–Trinajstić information content (AvgIpc) is 3.02. The van der Waals surface area contributed by atoms with Gasteiger partial charge in [-0.1, -0.05) is 54.3 Å². The summed E-state index contributed by atoms with van der Waals surface area (Å²) in [5, 5.41) is 0. The van der Waals surface area contributed by atoms with E-state index in [1.807, 2.05) is 17.9 Å². The standard InChI is InChI=1S/C26H40N5/c1-19(12-13-22-21(3)11-8-15-26(22,4)5)9-7-10-20(2)14-16-31-18-30(6)25-23(31)24(27)28-17-29-25/h9,14,17-18,22H,3,7-8,10-13,15-16H2,1-2,4-6H3,(H2,27,28,29)/q+1/b19-9?,20-14+/t22-/m0/s1. The van der Waals surface area contributed by atoms with Gasteiger partial charge in [0.1, 0.15) is 0 Å². The second kappa shape index (κ2) is 9.80. The zero-order chi connectivity index (χ0) is 22.6. The first kappa shape index (κ1) is 23.2. The van der Waals surface area contributed by atoms with Crippen LogP contribution in [0.3, 0.4) is 0 Å². The number of allylic oxidation sites excluding steroid dienone is 5. The molecule has 0 aromatic carbocycles. The SMILES string of the molecule is C=C1CCCC(C)(C)[C@H]1CCC(C)=CCC/C(C)=C/Cn1c[n+](C)c2ncnc(N)c21. The van der Waals surface area contributed by atoms with Crippen molar-refractivity contribution in [3.05, 3.63) is 48.1 Å². The number of nitrogens with two attached hydrogens (primary N) is 1. The van der Waals surface area contributed by atoms with E-state index < -0.39 is 0 Å². The molecular formula is C26H40N5+. The first-order valence-electron chi connectivity index (χ1n) is 11.6. The minimum atomic E-state index is 0.405. The number of anilines is 1. The van der Waals surface area contributed by atoms with Gasteiger partial charge in [-0.3, -0.25) is 4.57 Å². The normalized spacial score (nSPS) is 19.9. The Kier molecular flexibility index (Phi) is 7.34. The summed E-state index contributed by atoms with van der Waals surface area (Å²) < 4.78 is 4.11. The maximum absolute atomic E-state index is 6.08. The Bertz CT molecular complexity index is 993. The zero-order valence-electron chi connectivity index (χ0n) is 20.1. The summed E-state index contributed by atoms with van der Waals surface area (Å²) in [6.07, 6.45) is 16.7. The van der Waals surface area contributed by atoms with Crippen molar-refractivity contribution in [1.29, 1.82) is 0 Å². The van der Waals surface area contributed by atoms with E-state index in [1.165, 1.54) is 55.2 Å². The highest BCUT2D eigenvalue weighted by Gasteiger charge is 2.33. The lowest BCUT2D eigenvalue weighted by atomic mass is 9.65. The van der Waals surface area contributed by atoms with Crippen molar-refractivity contribution in [2.24, 2.45) is 18.4 Å². The van der Waals surface area contributed by atoms with Crippen molar-refractivity contribution in [1.82, 2.24) is 14.5 Å². The van der Waals surface area contributed by atoms with E-state index in [-0.39, 0.29) is 0 Å². The summed E-state index contributed by atoms with van der Waals surface area (Å²) in [4.78, 5) is 8.48. The molecule has 5 heteroatoms. The molecule has 0 saturated heterocycles. The van der Waals surface area contributed by atoms with Gasteiger partial charge in [-0.25, -0.2) is 4.57 Å². The van der Waals surface area contributed by atoms with Crippen LogP contribution in [0.5, 0.6) is 0 Å². The summed E-state index contributed by atoms with van der Waals surface area (Å²) in [6.45, 7) is 14.5. The fourth-order valence-electron chi connectivity index (χ4n) is 5.02. The van der Waals surface area contributed by atoms with Gasteiger partial charge >= 0.3 is 5.65 Å². The van der Waals surface area contributed by atoms with E-state index in [1.54, 1.807) is 0 Å². The second-order valence-corrected chi connectivity index (χ2v) is 10.0. The molecule has 31 heavy (non-hydrogen) atoms. The molecular weight excluding hydrogens is 382 g/mol. The molecule has 2 N–H and O–H groups in total. The maximum atomic E-state index is 6.08. The van der Waals surface area contributed by atoms with Gasteiger partial charge in [-0.2, -0.15) is 4.98 Å². The number of hydrogen-bond donors (Lipinski definition) is 1. The van der Waals surface area contributed by atoms with Crippen LogP contribution in [0.4, 0.5) is 5.82 Å². The Balaban J connectivity index is 1.51. The molecule has 0 unspecified atom stereocenters. The Morgan fingerprint density at radius 1 is 1.26 bits per heavy atom. The molecule has 0 radical (unpaired) electrons. The van der Waals surface area contributed by atoms with Crippen LogP contribution in [-0.4, -0.2) is 14.5 Å². The smallest absolute Gasteiger partial charge is 0.307 e. The van der Waals surface area contributed by atoms with Gasteiger partial charge in [-0.15, -0.1) is 0 Å². The lowest BCUT2D eigenvalue weighted by molar-refractivity contribution is -0.647. The van der Waals surface area contributed by atoms with Crippen LogP contribution in [-0.2, 0) is 13.6 Å². The maximum Gasteiger partial charge on any atom is 0.307 e. The Morgan fingerprint density at radius 2 is 2.00 bits per heavy atom. The third-order valence-corrected chi connectivity index (χ3v) is 7.02. The number of hydrogen-bond acceptors (Lipinski definition) is 3. The number of aromatic nitrogens is 4. The predicted octanol–water partition coefficient (Wildman–Crippen LogP) is 5.67. The average molecular weight is 423 g/mol. The number of imidazole rings is 1. The Labute approximate surface area is 187 Å². The molecule has 1 fully saturated rings. The van der Waals surface area contributed by atoms with Crippen LogP contribution in [0.2, 0.25) is 0 Å². The predicted molar refractivity (Wildman–Crippen MR) is 129 cm³/mol. The zero-order valence-corrected chi connectivity index (χ0v) is 20.1. The molecule has 2 heterocycles. The summed E-state index contributed by atoms with van der Waals surface area (Å²) >= 11 is 0. The molecule has 168 valence electrons. The number of aryl methyl sites for hydroxylation is 1. The number of rotatable bonds is 8. The van der Waals surface area contributed by atoms with E-state index in [9.17, 15) is 0 Å². The fraction of sp³-hybridized carbons (Fsp3) is 0.577. The highest BCUT2D eigenvalue weighted by Crippen LogP contribution is 2.45. The van der Waals surface area contributed by atoms with Crippen LogP contribution < -0.4 is 10.3 Å². The molecule has 0 bridgehead atoms. The molecule has 1 saturated carbocycles. The molecule has 1 aliphatic rings. The van der Waals surface area contributed by atoms with E-state index in [4.69, 9.17) is 5.73 Å². The van der Waals surface area contributed by atoms with Gasteiger partial charge in [0.05, 0.1) is 13.6 Å². The molecule has 1 aliphatic carbocycles. The van der Waals surface area contributed by atoms with Crippen molar-refractivity contribution >= 4 is 17.0 Å². The van der Waals surface area contributed by atoms with E-state index in [0.29, 0.717) is 17.2 Å². The van der Waals surface area contributed by atoms with Crippen molar-refractivity contribution < 1.29 is 4.57 Å². The molecule has 2 aromatic heterocycles. The van der Waals surface area contributed by atoms with Gasteiger partial charge in [0.2, 0.25) is 5.52 Å². The van der Waals surface area contributed by atoms with Crippen molar-refractivity contribution in [2.75, 3.05) is 5.73 Å². The minimum Gasteiger partial charge on any atom is -0.380 e. The van der Waals surface area contributed by atoms with Crippen molar-refractivity contribution in [2.45, 2.75) is 79.2 Å². The topological polar surface area (TPSA) is 60.6 Å². The van der Waals surface area contributed by atoms with Crippen molar-refractivity contribution in [3.63, 3.8) is 0 Å². The first-order chi connectivity index (χ1) is 14.7. The summed E-state index contributed by atoms with van der Waals surface area (Å²) in [5.74, 6) is 1.19. The number of fused-ring (bicyclic) bond motifs is 1. The number of nitrogen functional groups attached to an aromatic ring is 1. The Hall–Kier alpha value is -2.43. The molecule has 2 aromatic rings. The van der Waals surface area contributed by atoms with Crippen LogP contribution in [0.1, 0.15) is 72.6 Å². The monoisotopic (exact) mass is 422 g/mol. The van der Waals surface area contributed by atoms with Gasteiger partial charge in [0.25, 0.3) is 0 Å². The lowest BCUT2D eigenvalue weighted by Gasteiger charge is -2.40. The first-order valence-corrected chi connectivity index (χ1v) is 11.6. The van der Waals surface area contributed by atoms with E-state index in [2.05, 4.69) is 61.0 Å². The highest BCUT2D eigenvalue weighted by atomic mass is 15.2. The third kappa shape index (κ3) is 5.63. The van der Waals surface area contributed by atoms with Gasteiger partial charge in [0.15, 0.2) is 18.5 Å². The van der Waals surface area contributed by atoms with Crippen LogP contribution >= 0.6 is 0 Å². The third-order valence-electron chi connectivity index (χ3n) is 7.02. The van der Waals surface area contributed by atoms with Gasteiger partial charge in [-0.05, 0) is 70.1 Å². The molecule has 3 rings (SSSR count). The molecule has 0 amide bonds. The highest BCUT2D eigenvalue weighted by molar-refractivity contribution is 5.79. The molecule has 5 nitrogen and oxygen atoms in total. The largest absolute Gasteiger partial charge is 0.380 e.